The standard InChI is InChI=1S/C37H54F5NO2S2/c1-33-18-15-28(44)25-27(33)24-26(14-12-10-8-6-4-3-5-7-9-11-13-22-46-32-43-21-23-47-32)31-29(33)16-19-34(2)30(31)17-20-35(34,45)36(38,39)37(40,41)42/h21,23,25-26,29-31,45H,3-20,22,24H2,1-2H3/t26-,29+,30+,31-,33+,34+,35+/m1/s1. The summed E-state index contributed by atoms with van der Waals surface area (Å²) in [5.74, 6) is -4.02. The van der Waals surface area contributed by atoms with Crippen LogP contribution in [-0.4, -0.2) is 39.3 Å². The SMILES string of the molecule is C[C@]12CCC(=O)C=C1C[C@@H](CCCCCCCCCCCCCSc1nccs1)[C@@H]1[C@@H]2CC[C@@]2(C)[C@H]1CC[C@@]2(O)C(F)(F)C(F)(F)F. The molecule has 0 radical (unpaired) electrons. The third kappa shape index (κ3) is 7.41. The Balaban J connectivity index is 1.11. The second-order valence-corrected chi connectivity index (χ2v) is 17.8. The van der Waals surface area contributed by atoms with Gasteiger partial charge in [-0.1, -0.05) is 95.4 Å². The van der Waals surface area contributed by atoms with Gasteiger partial charge in [-0.3, -0.25) is 4.79 Å². The molecule has 4 aliphatic carbocycles. The Kier molecular flexibility index (Phi) is 12.0. The van der Waals surface area contributed by atoms with Crippen molar-refractivity contribution in [3.63, 3.8) is 0 Å². The van der Waals surface area contributed by atoms with Crippen LogP contribution in [0.1, 0.15) is 136 Å². The number of aromatic nitrogens is 1. The zero-order valence-electron chi connectivity index (χ0n) is 28.2. The minimum Gasteiger partial charge on any atom is -0.383 e. The molecule has 0 bridgehead atoms. The number of thiazole rings is 1. The van der Waals surface area contributed by atoms with Crippen LogP contribution >= 0.6 is 23.1 Å². The van der Waals surface area contributed by atoms with Gasteiger partial charge >= 0.3 is 12.1 Å². The quantitative estimate of drug-likeness (QED) is 0.106. The molecule has 10 heteroatoms. The van der Waals surface area contributed by atoms with Gasteiger partial charge in [0.05, 0.1) is 0 Å². The molecule has 3 fully saturated rings. The molecular weight excluding hydrogens is 650 g/mol. The number of rotatable bonds is 16. The number of carbonyl (C=O) groups excluding carboxylic acids is 1. The number of fused-ring (bicyclic) bond motifs is 5. The number of alkyl halides is 5. The number of nitrogens with zero attached hydrogens (tertiary/aromatic N) is 1. The normalized spacial score (nSPS) is 34.1. The summed E-state index contributed by atoms with van der Waals surface area (Å²) in [5, 5.41) is 13.3. The number of carbonyl (C=O) groups is 1. The van der Waals surface area contributed by atoms with Crippen molar-refractivity contribution in [2.45, 2.75) is 158 Å². The van der Waals surface area contributed by atoms with Crippen LogP contribution in [0.5, 0.6) is 0 Å². The maximum atomic E-state index is 15.0. The maximum Gasteiger partial charge on any atom is 0.456 e. The Morgan fingerprint density at radius 1 is 0.894 bits per heavy atom. The van der Waals surface area contributed by atoms with Gasteiger partial charge in [0.1, 0.15) is 9.94 Å². The number of halogens is 5. The van der Waals surface area contributed by atoms with Gasteiger partial charge < -0.3 is 5.11 Å². The van der Waals surface area contributed by atoms with E-state index in [1.165, 1.54) is 58.3 Å². The molecule has 0 saturated heterocycles. The first-order valence-electron chi connectivity index (χ1n) is 18.2. The van der Waals surface area contributed by atoms with Crippen LogP contribution in [0, 0.1) is 34.5 Å². The van der Waals surface area contributed by atoms with E-state index in [-0.39, 0.29) is 41.8 Å². The Hall–Kier alpha value is -1.00. The fraction of sp³-hybridized carbons (Fsp3) is 0.838. The molecule has 0 spiro atoms. The predicted octanol–water partition coefficient (Wildman–Crippen LogP) is 11.6. The first-order valence-corrected chi connectivity index (χ1v) is 20.0. The van der Waals surface area contributed by atoms with Crippen LogP contribution in [0.3, 0.4) is 0 Å². The molecule has 3 nitrogen and oxygen atoms in total. The third-order valence-electron chi connectivity index (χ3n) is 13.0. The molecular formula is C37H54F5NO2S2. The number of hydrogen-bond donors (Lipinski definition) is 1. The molecule has 0 amide bonds. The lowest BCUT2D eigenvalue weighted by Gasteiger charge is -2.62. The number of thioether (sulfide) groups is 1. The molecule has 1 aromatic heterocycles. The number of allylic oxidation sites excluding steroid dienone is 1. The largest absolute Gasteiger partial charge is 0.456 e. The van der Waals surface area contributed by atoms with Crippen LogP contribution in [0.2, 0.25) is 0 Å². The number of aliphatic hydroxyl groups is 1. The van der Waals surface area contributed by atoms with Crippen LogP contribution < -0.4 is 0 Å². The van der Waals surface area contributed by atoms with E-state index in [4.69, 9.17) is 0 Å². The summed E-state index contributed by atoms with van der Waals surface area (Å²) in [6.45, 7) is 3.70. The van der Waals surface area contributed by atoms with E-state index >= 15 is 8.78 Å². The first kappa shape index (κ1) is 37.3. The fourth-order valence-electron chi connectivity index (χ4n) is 10.3. The summed E-state index contributed by atoms with van der Waals surface area (Å²) in [5.41, 5.74) is -3.67. The highest BCUT2D eigenvalue weighted by atomic mass is 32.2. The van der Waals surface area contributed by atoms with Gasteiger partial charge in [0.2, 0.25) is 0 Å². The molecule has 0 aromatic carbocycles. The molecule has 1 N–H and O–H groups in total. The van der Waals surface area contributed by atoms with Crippen molar-refractivity contribution in [3.05, 3.63) is 23.2 Å². The highest BCUT2D eigenvalue weighted by molar-refractivity contribution is 8.00. The van der Waals surface area contributed by atoms with E-state index in [9.17, 15) is 23.1 Å². The zero-order chi connectivity index (χ0) is 33.9. The summed E-state index contributed by atoms with van der Waals surface area (Å²) >= 11 is 3.55. The van der Waals surface area contributed by atoms with Gasteiger partial charge in [-0.25, -0.2) is 4.98 Å². The van der Waals surface area contributed by atoms with E-state index in [0.29, 0.717) is 25.7 Å². The first-order chi connectivity index (χ1) is 22.2. The lowest BCUT2D eigenvalue weighted by Crippen LogP contribution is -2.66. The van der Waals surface area contributed by atoms with Gasteiger partial charge in [0.15, 0.2) is 5.78 Å². The van der Waals surface area contributed by atoms with Crippen molar-refractivity contribution >= 4 is 28.9 Å². The molecule has 0 unspecified atom stereocenters. The van der Waals surface area contributed by atoms with Crippen molar-refractivity contribution in [2.75, 3.05) is 5.75 Å². The zero-order valence-corrected chi connectivity index (χ0v) is 29.8. The highest BCUT2D eigenvalue weighted by Crippen LogP contribution is 2.72. The van der Waals surface area contributed by atoms with Gasteiger partial charge in [-0.15, -0.1) is 11.3 Å². The minimum atomic E-state index is -5.80. The molecule has 7 atom stereocenters. The van der Waals surface area contributed by atoms with Crippen molar-refractivity contribution in [3.8, 4) is 0 Å². The maximum absolute atomic E-state index is 15.0. The molecule has 1 heterocycles. The fourth-order valence-corrected chi connectivity index (χ4v) is 12.0. The Morgan fingerprint density at radius 2 is 1.51 bits per heavy atom. The van der Waals surface area contributed by atoms with Gasteiger partial charge in [-0.2, -0.15) is 22.0 Å². The second-order valence-electron chi connectivity index (χ2n) is 15.6. The van der Waals surface area contributed by atoms with Gasteiger partial charge in [0.25, 0.3) is 0 Å². The minimum absolute atomic E-state index is 0.0203. The van der Waals surface area contributed by atoms with Crippen molar-refractivity contribution in [1.29, 1.82) is 0 Å². The topological polar surface area (TPSA) is 50.2 Å². The van der Waals surface area contributed by atoms with Crippen LogP contribution in [-0.2, 0) is 4.79 Å². The van der Waals surface area contributed by atoms with Crippen molar-refractivity contribution in [2.24, 2.45) is 34.5 Å². The molecule has 266 valence electrons. The average molecular weight is 704 g/mol. The summed E-state index contributed by atoms with van der Waals surface area (Å²) in [4.78, 5) is 16.8. The molecule has 3 saturated carbocycles. The lowest BCUT2D eigenvalue weighted by atomic mass is 9.43. The van der Waals surface area contributed by atoms with E-state index in [1.54, 1.807) is 11.3 Å². The Morgan fingerprint density at radius 3 is 2.13 bits per heavy atom. The Labute approximate surface area is 286 Å². The van der Waals surface area contributed by atoms with Crippen LogP contribution in [0.4, 0.5) is 22.0 Å². The average Bonchev–Trinajstić information content (AvgIpc) is 3.63. The Bertz CT molecular complexity index is 1220. The van der Waals surface area contributed by atoms with E-state index in [2.05, 4.69) is 11.9 Å². The predicted molar refractivity (Wildman–Crippen MR) is 180 cm³/mol. The number of unbranched alkanes of at least 4 members (excludes halogenated alkanes) is 10. The second kappa shape index (κ2) is 15.1. The third-order valence-corrected chi connectivity index (χ3v) is 15.1. The summed E-state index contributed by atoms with van der Waals surface area (Å²) in [7, 11) is 0. The van der Waals surface area contributed by atoms with E-state index < -0.39 is 35.5 Å². The molecule has 0 aliphatic heterocycles. The van der Waals surface area contributed by atoms with Crippen molar-refractivity contribution in [1.82, 2.24) is 4.98 Å². The number of ketones is 1. The van der Waals surface area contributed by atoms with Gasteiger partial charge in [-0.05, 0) is 86.5 Å². The molecule has 1 aromatic rings. The highest BCUT2D eigenvalue weighted by Gasteiger charge is 2.79. The molecule has 4 aliphatic rings. The van der Waals surface area contributed by atoms with Gasteiger partial charge in [0, 0.05) is 29.2 Å². The van der Waals surface area contributed by atoms with E-state index in [1.807, 2.05) is 29.4 Å². The summed E-state index contributed by atoms with van der Waals surface area (Å²) in [6.07, 6.45) is 14.2. The number of hydrogen-bond acceptors (Lipinski definition) is 5. The molecule has 5 rings (SSSR count). The molecule has 47 heavy (non-hydrogen) atoms. The van der Waals surface area contributed by atoms with E-state index in [0.717, 1.165) is 41.3 Å². The van der Waals surface area contributed by atoms with Crippen molar-refractivity contribution < 1.29 is 31.9 Å². The lowest BCUT2D eigenvalue weighted by molar-refractivity contribution is -0.364. The summed E-state index contributed by atoms with van der Waals surface area (Å²) in [6, 6.07) is 0. The van der Waals surface area contributed by atoms with Crippen LogP contribution in [0.25, 0.3) is 0 Å². The monoisotopic (exact) mass is 703 g/mol. The van der Waals surface area contributed by atoms with Crippen LogP contribution in [0.15, 0.2) is 27.6 Å². The summed E-state index contributed by atoms with van der Waals surface area (Å²) < 4.78 is 72.3. The smallest absolute Gasteiger partial charge is 0.383 e.